The maximum absolute atomic E-state index is 11.9. The molecular weight excluding hydrogens is 234 g/mol. The van der Waals surface area contributed by atoms with E-state index in [9.17, 15) is 15.0 Å². The van der Waals surface area contributed by atoms with Crippen molar-refractivity contribution in [3.05, 3.63) is 33.7 Å². The van der Waals surface area contributed by atoms with Crippen LogP contribution in [0.2, 0.25) is 0 Å². The summed E-state index contributed by atoms with van der Waals surface area (Å²) < 4.78 is 5.59. The Bertz CT molecular complexity index is 842. The van der Waals surface area contributed by atoms with Crippen LogP contribution in [-0.2, 0) is 0 Å². The fraction of sp³-hybridized carbons (Fsp3) is 0.154. The summed E-state index contributed by atoms with van der Waals surface area (Å²) in [5.74, 6) is -0.489. The molecule has 5 nitrogen and oxygen atoms in total. The third-order valence-corrected chi connectivity index (χ3v) is 3.08. The minimum atomic E-state index is -0.270. The Hall–Kier alpha value is -2.43. The molecule has 0 amide bonds. The van der Waals surface area contributed by atoms with E-state index in [-0.39, 0.29) is 17.1 Å². The molecule has 0 saturated heterocycles. The summed E-state index contributed by atoms with van der Waals surface area (Å²) in [6.45, 7) is 3.39. The zero-order chi connectivity index (χ0) is 13.0. The Kier molecular flexibility index (Phi) is 1.96. The number of aromatic hydroxyl groups is 2. The van der Waals surface area contributed by atoms with Crippen molar-refractivity contribution in [1.29, 1.82) is 0 Å². The minimum Gasteiger partial charge on any atom is -0.504 e. The number of aryl methyl sites for hydroxylation is 2. The third-order valence-electron chi connectivity index (χ3n) is 3.08. The van der Waals surface area contributed by atoms with E-state index >= 15 is 0 Å². The van der Waals surface area contributed by atoms with E-state index in [0.717, 1.165) is 0 Å². The molecule has 0 spiro atoms. The highest BCUT2D eigenvalue weighted by Gasteiger charge is 2.17. The number of aromatic amines is 1. The standard InChI is InChI=1S/C13H11NO4/c1-5-3-9-10(13(17)14-5)7-4-8(15)11(16)6(2)12(7)18-9/h3-4,15-16H,1-2H3,(H,14,17). The number of H-pyrrole nitrogens is 1. The van der Waals surface area contributed by atoms with Crippen LogP contribution in [0.15, 0.2) is 21.3 Å². The molecule has 0 aliphatic carbocycles. The summed E-state index contributed by atoms with van der Waals surface area (Å²) in [6, 6.07) is 3.05. The summed E-state index contributed by atoms with van der Waals surface area (Å²) in [5.41, 5.74) is 1.69. The molecule has 0 unspecified atom stereocenters. The lowest BCUT2D eigenvalue weighted by Crippen LogP contribution is -2.05. The number of hydrogen-bond donors (Lipinski definition) is 3. The summed E-state index contributed by atoms with van der Waals surface area (Å²) >= 11 is 0. The molecule has 0 fully saturated rings. The highest BCUT2D eigenvalue weighted by Crippen LogP contribution is 2.38. The second kappa shape index (κ2) is 3.29. The van der Waals surface area contributed by atoms with Gasteiger partial charge >= 0.3 is 0 Å². The van der Waals surface area contributed by atoms with Crippen LogP contribution in [0.5, 0.6) is 11.5 Å². The van der Waals surface area contributed by atoms with Crippen molar-refractivity contribution in [3.8, 4) is 11.5 Å². The first-order chi connectivity index (χ1) is 8.49. The molecule has 3 N–H and O–H groups in total. The molecule has 0 aliphatic heterocycles. The SMILES string of the molecule is Cc1cc2oc3c(C)c(O)c(O)cc3c2c(=O)[nH]1. The number of rotatable bonds is 0. The molecule has 0 aliphatic rings. The van der Waals surface area contributed by atoms with Crippen LogP contribution in [0, 0.1) is 13.8 Å². The van der Waals surface area contributed by atoms with Gasteiger partial charge in [-0.05, 0) is 19.9 Å². The fourth-order valence-corrected chi connectivity index (χ4v) is 2.19. The number of hydrogen-bond acceptors (Lipinski definition) is 4. The van der Waals surface area contributed by atoms with Gasteiger partial charge in [0.05, 0.1) is 5.39 Å². The Morgan fingerprint density at radius 3 is 2.67 bits per heavy atom. The van der Waals surface area contributed by atoms with E-state index in [1.807, 2.05) is 0 Å². The quantitative estimate of drug-likeness (QED) is 0.530. The van der Waals surface area contributed by atoms with Crippen LogP contribution in [0.3, 0.4) is 0 Å². The van der Waals surface area contributed by atoms with Gasteiger partial charge in [-0.2, -0.15) is 0 Å². The van der Waals surface area contributed by atoms with E-state index in [1.54, 1.807) is 19.9 Å². The van der Waals surface area contributed by atoms with Crippen LogP contribution in [0.1, 0.15) is 11.3 Å². The summed E-state index contributed by atoms with van der Waals surface area (Å²) in [6.07, 6.45) is 0. The number of phenolic OH excluding ortho intramolecular Hbond substituents is 2. The van der Waals surface area contributed by atoms with E-state index in [2.05, 4.69) is 4.98 Å². The largest absolute Gasteiger partial charge is 0.504 e. The van der Waals surface area contributed by atoms with Crippen molar-refractivity contribution in [3.63, 3.8) is 0 Å². The summed E-state index contributed by atoms with van der Waals surface area (Å²) in [4.78, 5) is 14.6. The summed E-state index contributed by atoms with van der Waals surface area (Å²) in [7, 11) is 0. The van der Waals surface area contributed by atoms with Crippen molar-refractivity contribution in [2.24, 2.45) is 0 Å². The molecule has 5 heteroatoms. The molecule has 1 aromatic carbocycles. The van der Waals surface area contributed by atoms with Crippen molar-refractivity contribution in [2.45, 2.75) is 13.8 Å². The number of furan rings is 1. The number of benzene rings is 1. The van der Waals surface area contributed by atoms with E-state index in [4.69, 9.17) is 4.42 Å². The molecule has 3 aromatic rings. The predicted octanol–water partition coefficient (Wildman–Crippen LogP) is 2.30. The highest BCUT2D eigenvalue weighted by molar-refractivity contribution is 6.06. The first-order valence-corrected chi connectivity index (χ1v) is 5.46. The van der Waals surface area contributed by atoms with Gasteiger partial charge in [-0.3, -0.25) is 4.79 Å². The average molecular weight is 245 g/mol. The van der Waals surface area contributed by atoms with Crippen molar-refractivity contribution < 1.29 is 14.6 Å². The first-order valence-electron chi connectivity index (χ1n) is 5.46. The van der Waals surface area contributed by atoms with Crippen LogP contribution in [-0.4, -0.2) is 15.2 Å². The van der Waals surface area contributed by atoms with Gasteiger partial charge in [0.1, 0.15) is 11.2 Å². The van der Waals surface area contributed by atoms with Crippen molar-refractivity contribution in [1.82, 2.24) is 4.98 Å². The third kappa shape index (κ3) is 1.24. The molecule has 3 rings (SSSR count). The number of pyridine rings is 1. The smallest absolute Gasteiger partial charge is 0.259 e. The average Bonchev–Trinajstić information content (AvgIpc) is 2.64. The highest BCUT2D eigenvalue weighted by atomic mass is 16.3. The zero-order valence-corrected chi connectivity index (χ0v) is 9.87. The molecule has 0 bridgehead atoms. The molecule has 2 heterocycles. The number of fused-ring (bicyclic) bond motifs is 3. The molecule has 18 heavy (non-hydrogen) atoms. The first kappa shape index (κ1) is 10.7. The predicted molar refractivity (Wildman–Crippen MR) is 67.1 cm³/mol. The number of nitrogens with one attached hydrogen (secondary N) is 1. The minimum absolute atomic E-state index is 0.227. The monoisotopic (exact) mass is 245 g/mol. The van der Waals surface area contributed by atoms with Crippen molar-refractivity contribution >= 4 is 21.9 Å². The van der Waals surface area contributed by atoms with Crippen LogP contribution in [0.4, 0.5) is 0 Å². The Labute approximate surface area is 101 Å². The van der Waals surface area contributed by atoms with Gasteiger partial charge in [0.2, 0.25) is 0 Å². The van der Waals surface area contributed by atoms with Gasteiger partial charge in [-0.15, -0.1) is 0 Å². The second-order valence-corrected chi connectivity index (χ2v) is 4.37. The van der Waals surface area contributed by atoms with Crippen LogP contribution in [0.25, 0.3) is 21.9 Å². The molecule has 0 atom stereocenters. The van der Waals surface area contributed by atoms with E-state index in [0.29, 0.717) is 33.2 Å². The maximum Gasteiger partial charge on any atom is 0.259 e. The van der Waals surface area contributed by atoms with Gasteiger partial charge in [0.25, 0.3) is 5.56 Å². The molecular formula is C13H11NO4. The molecule has 2 aromatic heterocycles. The number of aromatic nitrogens is 1. The number of phenols is 2. The van der Waals surface area contributed by atoms with Crippen LogP contribution >= 0.6 is 0 Å². The second-order valence-electron chi connectivity index (χ2n) is 4.37. The molecule has 92 valence electrons. The van der Waals surface area contributed by atoms with Gasteiger partial charge in [-0.1, -0.05) is 0 Å². The zero-order valence-electron chi connectivity index (χ0n) is 9.87. The lowest BCUT2D eigenvalue weighted by molar-refractivity contribution is 0.401. The van der Waals surface area contributed by atoms with Crippen molar-refractivity contribution in [2.75, 3.05) is 0 Å². The van der Waals surface area contributed by atoms with Gasteiger partial charge < -0.3 is 19.6 Å². The van der Waals surface area contributed by atoms with Gasteiger partial charge in [-0.25, -0.2) is 0 Å². The van der Waals surface area contributed by atoms with Gasteiger partial charge in [0.15, 0.2) is 11.5 Å². The normalized spacial score (nSPS) is 11.4. The Balaban J connectivity index is 2.65. The van der Waals surface area contributed by atoms with Gasteiger partial charge in [0, 0.05) is 22.7 Å². The summed E-state index contributed by atoms with van der Waals surface area (Å²) in [5, 5.41) is 20.2. The van der Waals surface area contributed by atoms with E-state index in [1.165, 1.54) is 6.07 Å². The maximum atomic E-state index is 11.9. The lowest BCUT2D eigenvalue weighted by Gasteiger charge is -2.01. The van der Waals surface area contributed by atoms with E-state index < -0.39 is 0 Å². The molecule has 0 saturated carbocycles. The Morgan fingerprint density at radius 2 is 1.94 bits per heavy atom. The molecule has 0 radical (unpaired) electrons. The van der Waals surface area contributed by atoms with Crippen LogP contribution < -0.4 is 5.56 Å². The fourth-order valence-electron chi connectivity index (χ4n) is 2.19. The lowest BCUT2D eigenvalue weighted by atomic mass is 10.1. The Morgan fingerprint density at radius 1 is 1.22 bits per heavy atom. The topological polar surface area (TPSA) is 86.5 Å².